The quantitative estimate of drug-likeness (QED) is 0.743. The molecule has 0 saturated carbocycles. The van der Waals surface area contributed by atoms with Crippen LogP contribution in [0.25, 0.3) is 22.2 Å². The average molecular weight is 279 g/mol. The largest absolute Gasteiger partial charge is 0.380 e. The van der Waals surface area contributed by atoms with Gasteiger partial charge in [0.05, 0.1) is 10.9 Å². The van der Waals surface area contributed by atoms with Gasteiger partial charge in [-0.25, -0.2) is 18.2 Å². The normalized spacial score (nSPS) is 11.2. The first-order valence-electron chi connectivity index (χ1n) is 5.65. The minimum atomic E-state index is -1.03. The highest BCUT2D eigenvalue weighted by Crippen LogP contribution is 2.35. The minimum Gasteiger partial charge on any atom is -0.380 e. The van der Waals surface area contributed by atoms with E-state index in [1.807, 2.05) is 0 Å². The fourth-order valence-electron chi connectivity index (χ4n) is 2.09. The van der Waals surface area contributed by atoms with Gasteiger partial charge in [-0.1, -0.05) is 5.16 Å². The Hall–Kier alpha value is -2.57. The van der Waals surface area contributed by atoms with E-state index in [-0.39, 0.29) is 22.5 Å². The number of halogens is 3. The molecule has 102 valence electrons. The topological polar surface area (TPSA) is 64.9 Å². The van der Waals surface area contributed by atoms with Crippen molar-refractivity contribution in [2.24, 2.45) is 0 Å². The van der Waals surface area contributed by atoms with Gasteiger partial charge in [-0.3, -0.25) is 0 Å². The standard InChI is InChI=1S/C13H8F3N3O/c1-5-2-7(11-12(17)19-20-13(11)18-5)10-8(15)3-6(14)4-9(10)16/h2-4H,1H3,(H2,17,19). The molecule has 20 heavy (non-hydrogen) atoms. The molecule has 3 rings (SSSR count). The third-order valence-corrected chi connectivity index (χ3v) is 2.88. The first-order valence-corrected chi connectivity index (χ1v) is 5.65. The maximum Gasteiger partial charge on any atom is 0.260 e. The lowest BCUT2D eigenvalue weighted by Crippen LogP contribution is -1.96. The van der Waals surface area contributed by atoms with Gasteiger partial charge in [0.1, 0.15) is 17.5 Å². The van der Waals surface area contributed by atoms with Crippen molar-refractivity contribution in [1.29, 1.82) is 0 Å². The van der Waals surface area contributed by atoms with Gasteiger partial charge < -0.3 is 10.3 Å². The van der Waals surface area contributed by atoms with E-state index < -0.39 is 23.0 Å². The van der Waals surface area contributed by atoms with E-state index in [2.05, 4.69) is 10.1 Å². The highest BCUT2D eigenvalue weighted by Gasteiger charge is 2.20. The number of fused-ring (bicyclic) bond motifs is 1. The number of rotatable bonds is 1. The van der Waals surface area contributed by atoms with Crippen LogP contribution in [0.1, 0.15) is 5.69 Å². The summed E-state index contributed by atoms with van der Waals surface area (Å²) < 4.78 is 45.7. The molecule has 2 N–H and O–H groups in total. The van der Waals surface area contributed by atoms with Crippen molar-refractivity contribution < 1.29 is 17.7 Å². The zero-order valence-electron chi connectivity index (χ0n) is 10.2. The monoisotopic (exact) mass is 279 g/mol. The second-order valence-electron chi connectivity index (χ2n) is 4.30. The maximum atomic E-state index is 13.9. The predicted molar refractivity (Wildman–Crippen MR) is 66.3 cm³/mol. The van der Waals surface area contributed by atoms with Crippen LogP contribution in [0, 0.1) is 24.4 Å². The zero-order chi connectivity index (χ0) is 14.4. The van der Waals surface area contributed by atoms with Crippen molar-refractivity contribution in [3.05, 3.63) is 41.3 Å². The zero-order valence-corrected chi connectivity index (χ0v) is 10.2. The summed E-state index contributed by atoms with van der Waals surface area (Å²) in [6.45, 7) is 1.63. The molecule has 0 saturated heterocycles. The van der Waals surface area contributed by atoms with Gasteiger partial charge in [0, 0.05) is 23.4 Å². The molecule has 3 aromatic rings. The van der Waals surface area contributed by atoms with Gasteiger partial charge in [-0.2, -0.15) is 0 Å². The van der Waals surface area contributed by atoms with Crippen molar-refractivity contribution in [3.63, 3.8) is 0 Å². The number of nitrogen functional groups attached to an aromatic ring is 1. The van der Waals surface area contributed by atoms with Crippen LogP contribution >= 0.6 is 0 Å². The fourth-order valence-corrected chi connectivity index (χ4v) is 2.09. The lowest BCUT2D eigenvalue weighted by molar-refractivity contribution is 0.452. The first kappa shape index (κ1) is 12.5. The van der Waals surface area contributed by atoms with Crippen LogP contribution in [0.2, 0.25) is 0 Å². The van der Waals surface area contributed by atoms with Gasteiger partial charge in [0.25, 0.3) is 5.71 Å². The Morgan fingerprint density at radius 3 is 2.40 bits per heavy atom. The van der Waals surface area contributed by atoms with Crippen LogP contribution in [0.5, 0.6) is 0 Å². The van der Waals surface area contributed by atoms with Crippen LogP contribution in [0.3, 0.4) is 0 Å². The van der Waals surface area contributed by atoms with Crippen LogP contribution in [-0.2, 0) is 0 Å². The van der Waals surface area contributed by atoms with E-state index in [4.69, 9.17) is 10.3 Å². The highest BCUT2D eigenvalue weighted by atomic mass is 19.1. The lowest BCUT2D eigenvalue weighted by Gasteiger charge is -2.07. The molecule has 7 heteroatoms. The number of nitrogens with zero attached hydrogens (tertiary/aromatic N) is 2. The Labute approximate surface area is 111 Å². The Morgan fingerprint density at radius 1 is 1.10 bits per heavy atom. The molecule has 2 heterocycles. The van der Waals surface area contributed by atoms with Gasteiger partial charge >= 0.3 is 0 Å². The number of aromatic nitrogens is 2. The van der Waals surface area contributed by atoms with Crippen molar-refractivity contribution in [2.75, 3.05) is 5.73 Å². The summed E-state index contributed by atoms with van der Waals surface area (Å²) in [5, 5.41) is 3.72. The second kappa shape index (κ2) is 4.22. The van der Waals surface area contributed by atoms with Crippen molar-refractivity contribution in [3.8, 4) is 11.1 Å². The third kappa shape index (κ3) is 1.78. The Balaban J connectivity index is 2.43. The molecule has 1 aromatic carbocycles. The van der Waals surface area contributed by atoms with Gasteiger partial charge in [-0.15, -0.1) is 0 Å². The number of nitrogens with two attached hydrogens (primary N) is 1. The van der Waals surface area contributed by atoms with Gasteiger partial charge in [0.15, 0.2) is 5.82 Å². The molecule has 0 aliphatic carbocycles. The molecule has 0 amide bonds. The van der Waals surface area contributed by atoms with E-state index in [1.165, 1.54) is 6.07 Å². The number of pyridine rings is 1. The van der Waals surface area contributed by atoms with Gasteiger partial charge in [0.2, 0.25) is 0 Å². The third-order valence-electron chi connectivity index (χ3n) is 2.88. The Bertz CT molecular complexity index is 806. The molecule has 4 nitrogen and oxygen atoms in total. The summed E-state index contributed by atoms with van der Waals surface area (Å²) >= 11 is 0. The summed E-state index contributed by atoms with van der Waals surface area (Å²) in [6, 6.07) is 2.64. The van der Waals surface area contributed by atoms with Crippen molar-refractivity contribution in [2.45, 2.75) is 6.92 Å². The van der Waals surface area contributed by atoms with E-state index in [0.717, 1.165) is 0 Å². The molecule has 0 fully saturated rings. The minimum absolute atomic E-state index is 0.0365. The number of benzene rings is 1. The molecule has 0 radical (unpaired) electrons. The molecule has 0 atom stereocenters. The molecular weight excluding hydrogens is 271 g/mol. The van der Waals surface area contributed by atoms with Crippen molar-refractivity contribution >= 4 is 16.9 Å². The summed E-state index contributed by atoms with van der Waals surface area (Å²) in [5.41, 5.74) is 5.90. The number of hydrogen-bond acceptors (Lipinski definition) is 4. The van der Waals surface area contributed by atoms with Crippen LogP contribution < -0.4 is 5.73 Å². The first-order chi connectivity index (χ1) is 9.47. The second-order valence-corrected chi connectivity index (χ2v) is 4.30. The number of hydrogen-bond donors (Lipinski definition) is 1. The van der Waals surface area contributed by atoms with Gasteiger partial charge in [-0.05, 0) is 13.0 Å². The molecule has 0 aliphatic rings. The summed E-state index contributed by atoms with van der Waals surface area (Å²) in [4.78, 5) is 4.03. The summed E-state index contributed by atoms with van der Waals surface area (Å²) in [5.74, 6) is -3.10. The predicted octanol–water partition coefficient (Wildman–Crippen LogP) is 3.20. The fraction of sp³-hybridized carbons (Fsp3) is 0.0769. The molecule has 0 unspecified atom stereocenters. The van der Waals surface area contributed by atoms with Crippen LogP contribution in [0.4, 0.5) is 19.0 Å². The molecular formula is C13H8F3N3O. The molecule has 0 aliphatic heterocycles. The lowest BCUT2D eigenvalue weighted by atomic mass is 10.0. The average Bonchev–Trinajstić information content (AvgIpc) is 2.69. The summed E-state index contributed by atoms with van der Waals surface area (Å²) in [6.07, 6.45) is 0. The van der Waals surface area contributed by atoms with E-state index >= 15 is 0 Å². The summed E-state index contributed by atoms with van der Waals surface area (Å²) in [7, 11) is 0. The van der Waals surface area contributed by atoms with Crippen molar-refractivity contribution in [1.82, 2.24) is 10.1 Å². The SMILES string of the molecule is Cc1cc(-c2c(F)cc(F)cc2F)c2c(N)noc2n1. The highest BCUT2D eigenvalue weighted by molar-refractivity contribution is 5.99. The van der Waals surface area contributed by atoms with E-state index in [0.29, 0.717) is 17.8 Å². The van der Waals surface area contributed by atoms with Crippen LogP contribution in [0.15, 0.2) is 22.7 Å². The molecule has 2 aromatic heterocycles. The number of anilines is 1. The smallest absolute Gasteiger partial charge is 0.260 e. The number of aryl methyl sites for hydroxylation is 1. The Morgan fingerprint density at radius 2 is 1.75 bits per heavy atom. The van der Waals surface area contributed by atoms with E-state index in [1.54, 1.807) is 6.92 Å². The van der Waals surface area contributed by atoms with E-state index in [9.17, 15) is 13.2 Å². The molecule has 0 spiro atoms. The Kier molecular flexibility index (Phi) is 2.63. The maximum absolute atomic E-state index is 13.9. The van der Waals surface area contributed by atoms with Crippen LogP contribution in [-0.4, -0.2) is 10.1 Å². The molecule has 0 bridgehead atoms.